The molecule has 2 aliphatic heterocycles. The van der Waals surface area contributed by atoms with Crippen LogP contribution in [0.5, 0.6) is 11.5 Å². The molecule has 0 aliphatic carbocycles. The van der Waals surface area contributed by atoms with Gasteiger partial charge in [0.15, 0.2) is 11.5 Å². The summed E-state index contributed by atoms with van der Waals surface area (Å²) in [5.41, 5.74) is 1.59. The number of benzene rings is 2. The summed E-state index contributed by atoms with van der Waals surface area (Å²) in [5.74, 6) is -0.0270. The lowest BCUT2D eigenvalue weighted by Crippen LogP contribution is -2.47. The van der Waals surface area contributed by atoms with Crippen LogP contribution in [0.1, 0.15) is 37.4 Å². The van der Waals surface area contributed by atoms with E-state index in [2.05, 4.69) is 10.0 Å². The standard InChI is InChI=1S/C29H37FN4O5/c1-20(2)29(36)33(12-11-32-13-15-39-16-14-32)19-28(35)34-25(21-9-10-26(37-3)27(17-21)38-4)18-24(31-34)22-7-5-6-8-23(22)30/h5-10,17,20,25H,11-16,18-19H2,1-4H3/t25-/m1/s1. The first-order valence-electron chi connectivity index (χ1n) is 13.3. The van der Waals surface area contributed by atoms with Gasteiger partial charge < -0.3 is 19.1 Å². The van der Waals surface area contributed by atoms with E-state index in [9.17, 15) is 14.0 Å². The number of amides is 2. The molecule has 1 atom stereocenters. The van der Waals surface area contributed by atoms with Crippen LogP contribution in [0.2, 0.25) is 0 Å². The van der Waals surface area contributed by atoms with Crippen molar-refractivity contribution in [3.63, 3.8) is 0 Å². The van der Waals surface area contributed by atoms with Crippen molar-refractivity contribution in [3.05, 3.63) is 59.4 Å². The molecule has 0 N–H and O–H groups in total. The predicted molar refractivity (Wildman–Crippen MR) is 145 cm³/mol. The number of carbonyl (C=O) groups excluding carboxylic acids is 2. The fourth-order valence-corrected chi connectivity index (χ4v) is 4.87. The maximum absolute atomic E-state index is 14.7. The van der Waals surface area contributed by atoms with Gasteiger partial charge in [-0.25, -0.2) is 9.40 Å². The Morgan fingerprint density at radius 2 is 1.82 bits per heavy atom. The molecule has 0 aromatic heterocycles. The van der Waals surface area contributed by atoms with E-state index in [0.29, 0.717) is 55.5 Å². The highest BCUT2D eigenvalue weighted by molar-refractivity contribution is 6.03. The van der Waals surface area contributed by atoms with Crippen LogP contribution in [0.25, 0.3) is 0 Å². The topological polar surface area (TPSA) is 83.9 Å². The summed E-state index contributed by atoms with van der Waals surface area (Å²) in [6.07, 6.45) is 0.314. The summed E-state index contributed by atoms with van der Waals surface area (Å²) in [5, 5.41) is 5.99. The van der Waals surface area contributed by atoms with Crippen LogP contribution in [0.15, 0.2) is 47.6 Å². The lowest BCUT2D eigenvalue weighted by molar-refractivity contribution is -0.143. The molecule has 1 fully saturated rings. The lowest BCUT2D eigenvalue weighted by Gasteiger charge is -2.31. The maximum atomic E-state index is 14.7. The molecule has 0 bridgehead atoms. The van der Waals surface area contributed by atoms with Gasteiger partial charge in [0.05, 0.1) is 39.2 Å². The van der Waals surface area contributed by atoms with Crippen molar-refractivity contribution in [1.82, 2.24) is 14.8 Å². The zero-order valence-corrected chi connectivity index (χ0v) is 23.1. The molecule has 1 saturated heterocycles. The van der Waals surface area contributed by atoms with Crippen LogP contribution in [0, 0.1) is 11.7 Å². The number of morpholine rings is 1. The second-order valence-electron chi connectivity index (χ2n) is 9.97. The minimum absolute atomic E-state index is 0.100. The van der Waals surface area contributed by atoms with Crippen molar-refractivity contribution in [2.24, 2.45) is 11.0 Å². The molecule has 210 valence electrons. The SMILES string of the molecule is COc1ccc([C@H]2CC(c3ccccc3F)=NN2C(=O)CN(CCN2CCOCC2)C(=O)C(C)C)cc1OC. The summed E-state index contributed by atoms with van der Waals surface area (Å²) in [4.78, 5) is 30.7. The minimum atomic E-state index is -0.498. The quantitative estimate of drug-likeness (QED) is 0.460. The van der Waals surface area contributed by atoms with E-state index in [-0.39, 0.29) is 24.3 Å². The zero-order chi connectivity index (χ0) is 27.9. The van der Waals surface area contributed by atoms with E-state index < -0.39 is 11.9 Å². The van der Waals surface area contributed by atoms with Crippen LogP contribution in [-0.4, -0.2) is 92.5 Å². The number of hydrogen-bond donors (Lipinski definition) is 0. The first-order valence-corrected chi connectivity index (χ1v) is 13.3. The second kappa shape index (κ2) is 13.0. The molecule has 10 heteroatoms. The van der Waals surface area contributed by atoms with Crippen molar-refractivity contribution in [3.8, 4) is 11.5 Å². The molecule has 2 aromatic rings. The Bertz CT molecular complexity index is 1200. The molecular formula is C29H37FN4O5. The van der Waals surface area contributed by atoms with Gasteiger partial charge in [-0.2, -0.15) is 5.10 Å². The average Bonchev–Trinajstić information content (AvgIpc) is 3.40. The fraction of sp³-hybridized carbons (Fsp3) is 0.483. The summed E-state index contributed by atoms with van der Waals surface area (Å²) >= 11 is 0. The largest absolute Gasteiger partial charge is 0.493 e. The molecule has 2 aliphatic rings. The van der Waals surface area contributed by atoms with Crippen LogP contribution < -0.4 is 9.47 Å². The number of hydrogen-bond acceptors (Lipinski definition) is 7. The van der Waals surface area contributed by atoms with Crippen LogP contribution in [0.3, 0.4) is 0 Å². The van der Waals surface area contributed by atoms with Gasteiger partial charge in [-0.15, -0.1) is 0 Å². The average molecular weight is 541 g/mol. The van der Waals surface area contributed by atoms with E-state index in [0.717, 1.165) is 18.7 Å². The van der Waals surface area contributed by atoms with Gasteiger partial charge in [0, 0.05) is 44.1 Å². The smallest absolute Gasteiger partial charge is 0.262 e. The van der Waals surface area contributed by atoms with Crippen molar-refractivity contribution in [1.29, 1.82) is 0 Å². The van der Waals surface area contributed by atoms with Crippen LogP contribution >= 0.6 is 0 Å². The van der Waals surface area contributed by atoms with Crippen LogP contribution in [0.4, 0.5) is 4.39 Å². The first kappa shape index (κ1) is 28.5. The Labute approximate surface area is 229 Å². The van der Waals surface area contributed by atoms with E-state index in [4.69, 9.17) is 14.2 Å². The highest BCUT2D eigenvalue weighted by Crippen LogP contribution is 2.37. The Hall–Kier alpha value is -3.50. The number of halogens is 1. The third-order valence-electron chi connectivity index (χ3n) is 7.06. The van der Waals surface area contributed by atoms with Gasteiger partial charge in [-0.05, 0) is 23.8 Å². The van der Waals surface area contributed by atoms with Gasteiger partial charge in [0.2, 0.25) is 5.91 Å². The van der Waals surface area contributed by atoms with E-state index in [1.807, 2.05) is 19.9 Å². The van der Waals surface area contributed by atoms with Crippen molar-refractivity contribution < 1.29 is 28.2 Å². The molecule has 0 unspecified atom stereocenters. The maximum Gasteiger partial charge on any atom is 0.262 e. The number of ether oxygens (including phenoxy) is 3. The molecular weight excluding hydrogens is 503 g/mol. The van der Waals surface area contributed by atoms with Gasteiger partial charge in [0.25, 0.3) is 5.91 Å². The summed E-state index contributed by atoms with van der Waals surface area (Å²) in [6, 6.07) is 11.3. The molecule has 39 heavy (non-hydrogen) atoms. The second-order valence-corrected chi connectivity index (χ2v) is 9.97. The number of carbonyl (C=O) groups is 2. The van der Waals surface area contributed by atoms with Gasteiger partial charge in [0.1, 0.15) is 12.4 Å². The Morgan fingerprint density at radius 1 is 1.10 bits per heavy atom. The highest BCUT2D eigenvalue weighted by atomic mass is 19.1. The number of nitrogens with zero attached hydrogens (tertiary/aromatic N) is 4. The fourth-order valence-electron chi connectivity index (χ4n) is 4.87. The molecule has 2 amide bonds. The first-order chi connectivity index (χ1) is 18.8. The normalized spacial score (nSPS) is 17.7. The van der Waals surface area contributed by atoms with E-state index in [1.54, 1.807) is 49.5 Å². The molecule has 9 nitrogen and oxygen atoms in total. The van der Waals surface area contributed by atoms with E-state index in [1.165, 1.54) is 11.1 Å². The van der Waals surface area contributed by atoms with E-state index >= 15 is 0 Å². The monoisotopic (exact) mass is 540 g/mol. The number of hydrazone groups is 1. The van der Waals surface area contributed by atoms with Gasteiger partial charge in [-0.3, -0.25) is 14.5 Å². The third-order valence-corrected chi connectivity index (χ3v) is 7.06. The molecule has 2 heterocycles. The molecule has 0 saturated carbocycles. The number of methoxy groups -OCH3 is 2. The van der Waals surface area contributed by atoms with Crippen molar-refractivity contribution in [2.45, 2.75) is 26.3 Å². The summed E-state index contributed by atoms with van der Waals surface area (Å²) < 4.78 is 31.0. The molecule has 2 aromatic carbocycles. The van der Waals surface area contributed by atoms with Gasteiger partial charge >= 0.3 is 0 Å². The molecule has 4 rings (SSSR count). The Morgan fingerprint density at radius 3 is 2.49 bits per heavy atom. The summed E-state index contributed by atoms with van der Waals surface area (Å²) in [6.45, 7) is 7.49. The van der Waals surface area contributed by atoms with Crippen LogP contribution in [-0.2, 0) is 14.3 Å². The molecule has 0 spiro atoms. The molecule has 0 radical (unpaired) electrons. The van der Waals surface area contributed by atoms with Crippen molar-refractivity contribution >= 4 is 17.5 Å². The lowest BCUT2D eigenvalue weighted by atomic mass is 9.97. The Balaban J connectivity index is 1.61. The Kier molecular flexibility index (Phi) is 9.53. The van der Waals surface area contributed by atoms with Crippen molar-refractivity contribution in [2.75, 3.05) is 60.2 Å². The highest BCUT2D eigenvalue weighted by Gasteiger charge is 2.36. The predicted octanol–water partition coefficient (Wildman–Crippen LogP) is 3.34. The number of rotatable bonds is 10. The minimum Gasteiger partial charge on any atom is -0.493 e. The van der Waals surface area contributed by atoms with Gasteiger partial charge in [-0.1, -0.05) is 38.1 Å². The third kappa shape index (κ3) is 6.75. The zero-order valence-electron chi connectivity index (χ0n) is 23.1. The summed E-state index contributed by atoms with van der Waals surface area (Å²) in [7, 11) is 3.10.